The van der Waals surface area contributed by atoms with Crippen LogP contribution in [0, 0.1) is 20.8 Å². The Morgan fingerprint density at radius 2 is 1.43 bits per heavy atom. The summed E-state index contributed by atoms with van der Waals surface area (Å²) in [4.78, 5) is 3.92. The first-order chi connectivity index (χ1) is 16.6. The highest BCUT2D eigenvalue weighted by molar-refractivity contribution is 8.04. The zero-order valence-electron chi connectivity index (χ0n) is 24.1. The van der Waals surface area contributed by atoms with Gasteiger partial charge in [0, 0.05) is 36.1 Å². The van der Waals surface area contributed by atoms with Gasteiger partial charge in [0.05, 0.1) is 11.5 Å². The van der Waals surface area contributed by atoms with Crippen LogP contribution in [0.15, 0.2) is 53.6 Å². The predicted molar refractivity (Wildman–Crippen MR) is 158 cm³/mol. The molecule has 1 aliphatic heterocycles. The molecule has 0 amide bonds. The number of para-hydroxylation sites is 1. The number of hydrogen-bond acceptors (Lipinski definition) is 5. The van der Waals surface area contributed by atoms with E-state index in [0.29, 0.717) is 5.37 Å². The normalized spacial score (nSPS) is 13.8. The molecule has 1 unspecified atom stereocenters. The molecule has 0 fully saturated rings. The van der Waals surface area contributed by atoms with Crippen molar-refractivity contribution in [2.24, 2.45) is 0 Å². The van der Waals surface area contributed by atoms with Crippen LogP contribution in [-0.4, -0.2) is 35.9 Å². The molecule has 198 valence electrons. The minimum absolute atomic E-state index is 0.214. The van der Waals surface area contributed by atoms with E-state index in [9.17, 15) is 0 Å². The molecule has 0 spiro atoms. The van der Waals surface area contributed by atoms with Crippen molar-refractivity contribution in [3.05, 3.63) is 75.8 Å². The number of aryl methyl sites for hydroxylation is 3. The summed E-state index contributed by atoms with van der Waals surface area (Å²) in [7, 11) is 2.00. The Balaban J connectivity index is 0. The molecule has 0 radical (unpaired) electrons. The monoisotopic (exact) mass is 503 g/mol. The van der Waals surface area contributed by atoms with Gasteiger partial charge in [-0.3, -0.25) is 0 Å². The molecule has 2 aromatic carbocycles. The van der Waals surface area contributed by atoms with Crippen LogP contribution < -0.4 is 9.64 Å². The smallest absolute Gasteiger partial charge is 0.126 e. The Morgan fingerprint density at radius 1 is 0.943 bits per heavy atom. The topological polar surface area (TPSA) is 52.9 Å². The summed E-state index contributed by atoms with van der Waals surface area (Å²) in [5.74, 6) is 0.905. The fraction of sp³-hybridized carbons (Fsp3) is 0.467. The summed E-state index contributed by atoms with van der Waals surface area (Å²) in [5, 5.41) is 14.5. The molecule has 2 aromatic rings. The molecule has 4 nitrogen and oxygen atoms in total. The largest absolute Gasteiger partial charge is 0.490 e. The van der Waals surface area contributed by atoms with Gasteiger partial charge in [-0.1, -0.05) is 62.4 Å². The van der Waals surface area contributed by atoms with Crippen molar-refractivity contribution in [1.29, 1.82) is 0 Å². The maximum Gasteiger partial charge on any atom is 0.126 e. The second-order valence-corrected chi connectivity index (χ2v) is 9.41. The van der Waals surface area contributed by atoms with Crippen LogP contribution in [0.5, 0.6) is 5.75 Å². The highest BCUT2D eigenvalue weighted by Crippen LogP contribution is 2.42. The molecule has 0 saturated carbocycles. The maximum absolute atomic E-state index is 7.00. The van der Waals surface area contributed by atoms with Crippen LogP contribution in [0.25, 0.3) is 6.08 Å². The first kappa shape index (κ1) is 35.0. The van der Waals surface area contributed by atoms with Crippen LogP contribution in [-0.2, 0) is 0 Å². The molecular weight excluding hydrogens is 454 g/mol. The van der Waals surface area contributed by atoms with Gasteiger partial charge in [0.2, 0.25) is 0 Å². The molecular formula is C30H49NO3S. The van der Waals surface area contributed by atoms with Gasteiger partial charge in [-0.2, -0.15) is 0 Å². The summed E-state index contributed by atoms with van der Waals surface area (Å²) in [5.41, 5.74) is 7.95. The minimum atomic E-state index is 0.214. The lowest BCUT2D eigenvalue weighted by Crippen LogP contribution is -2.26. The van der Waals surface area contributed by atoms with E-state index >= 15 is 0 Å². The Hall–Kier alpha value is -2.21. The fourth-order valence-corrected chi connectivity index (χ4v) is 4.90. The molecule has 5 heteroatoms. The lowest BCUT2D eigenvalue weighted by Gasteiger charge is -2.29. The zero-order valence-corrected chi connectivity index (χ0v) is 24.9. The molecule has 0 saturated heterocycles. The van der Waals surface area contributed by atoms with Gasteiger partial charge in [-0.25, -0.2) is 0 Å². The van der Waals surface area contributed by atoms with Crippen molar-refractivity contribution >= 4 is 23.5 Å². The number of aliphatic hydroxyl groups excluding tert-OH is 2. The van der Waals surface area contributed by atoms with Crippen LogP contribution in [0.1, 0.15) is 70.7 Å². The van der Waals surface area contributed by atoms with Crippen molar-refractivity contribution in [1.82, 2.24) is 0 Å². The lowest BCUT2D eigenvalue weighted by atomic mass is 10.0. The fourth-order valence-electron chi connectivity index (χ4n) is 3.75. The van der Waals surface area contributed by atoms with Crippen LogP contribution in [0.2, 0.25) is 0 Å². The van der Waals surface area contributed by atoms with E-state index in [1.165, 1.54) is 33.0 Å². The maximum atomic E-state index is 7.00. The van der Waals surface area contributed by atoms with Crippen LogP contribution >= 0.6 is 11.8 Å². The Kier molecular flexibility index (Phi) is 19.0. The number of benzene rings is 2. The first-order valence-corrected chi connectivity index (χ1v) is 13.0. The van der Waals surface area contributed by atoms with Crippen molar-refractivity contribution in [3.8, 4) is 5.75 Å². The van der Waals surface area contributed by atoms with Crippen molar-refractivity contribution < 1.29 is 14.9 Å². The van der Waals surface area contributed by atoms with Gasteiger partial charge >= 0.3 is 0 Å². The molecule has 1 atom stereocenters. The van der Waals surface area contributed by atoms with E-state index in [-0.39, 0.29) is 6.10 Å². The molecule has 0 aliphatic carbocycles. The number of thioether (sulfide) groups is 1. The van der Waals surface area contributed by atoms with E-state index < -0.39 is 0 Å². The summed E-state index contributed by atoms with van der Waals surface area (Å²) < 4.78 is 5.56. The summed E-state index contributed by atoms with van der Waals surface area (Å²) in [6.45, 7) is 25.1. The number of ether oxygens (including phenoxy) is 1. The number of hydrogen-bond donors (Lipinski definition) is 2. The van der Waals surface area contributed by atoms with E-state index in [1.54, 1.807) is 6.08 Å². The van der Waals surface area contributed by atoms with Gasteiger partial charge in [-0.05, 0) is 72.6 Å². The third-order valence-corrected chi connectivity index (χ3v) is 6.16. The van der Waals surface area contributed by atoms with Gasteiger partial charge in [0.1, 0.15) is 5.75 Å². The molecule has 1 aliphatic rings. The summed E-state index contributed by atoms with van der Waals surface area (Å²) in [6.07, 6.45) is 2.02. The molecule has 35 heavy (non-hydrogen) atoms. The Bertz CT molecular complexity index is 883. The van der Waals surface area contributed by atoms with Gasteiger partial charge in [0.25, 0.3) is 0 Å². The third-order valence-electron chi connectivity index (χ3n) is 4.96. The summed E-state index contributed by atoms with van der Waals surface area (Å²) >= 11 is 1.96. The highest BCUT2D eigenvalue weighted by Gasteiger charge is 2.27. The second kappa shape index (κ2) is 19.0. The number of allylic oxidation sites excluding steroid dienone is 2. The van der Waals surface area contributed by atoms with E-state index in [1.807, 2.05) is 63.7 Å². The van der Waals surface area contributed by atoms with Gasteiger partial charge < -0.3 is 19.8 Å². The summed E-state index contributed by atoms with van der Waals surface area (Å²) in [6, 6.07) is 12.4. The lowest BCUT2D eigenvalue weighted by molar-refractivity contribution is 0.242. The standard InChI is InChI=1S/C15H21NS.C11H14O.C2H6.2CH4O/c1-9-7-10(2)15(11(3)8-9)16-12(4)13(5)17-14(16)6;1-4-10-7-5-6-8-11(10)12-9(2)3;3*1-2/h7-8,14H,1-6H3;4-9H,1H2,2-3H3;1-2H3;2*2H,1H3. The second-order valence-electron chi connectivity index (χ2n) is 7.88. The first-order valence-electron chi connectivity index (χ1n) is 12.1. The Labute approximate surface area is 219 Å². The van der Waals surface area contributed by atoms with Crippen molar-refractivity contribution in [2.45, 2.75) is 80.7 Å². The van der Waals surface area contributed by atoms with Crippen molar-refractivity contribution in [2.75, 3.05) is 19.1 Å². The average molecular weight is 504 g/mol. The zero-order chi connectivity index (χ0) is 27.7. The van der Waals surface area contributed by atoms with E-state index in [4.69, 9.17) is 14.9 Å². The average Bonchev–Trinajstić information content (AvgIpc) is 3.09. The molecule has 1 heterocycles. The van der Waals surface area contributed by atoms with Gasteiger partial charge in [0.15, 0.2) is 0 Å². The minimum Gasteiger partial charge on any atom is -0.490 e. The van der Waals surface area contributed by atoms with Gasteiger partial charge in [-0.15, -0.1) is 11.8 Å². The quantitative estimate of drug-likeness (QED) is 0.441. The van der Waals surface area contributed by atoms with E-state index in [2.05, 4.69) is 65.2 Å². The Morgan fingerprint density at radius 3 is 1.83 bits per heavy atom. The highest BCUT2D eigenvalue weighted by atomic mass is 32.2. The van der Waals surface area contributed by atoms with E-state index in [0.717, 1.165) is 25.5 Å². The van der Waals surface area contributed by atoms with Crippen molar-refractivity contribution in [3.63, 3.8) is 0 Å². The SMILES string of the molecule is C=Cc1ccccc1OC(C)C.CC.CC1=C(C)N(c2c(C)cc(C)cc2C)C(C)S1.CO.CO. The molecule has 2 N–H and O–H groups in total. The third kappa shape index (κ3) is 10.9. The number of anilines is 1. The number of rotatable bonds is 4. The van der Waals surface area contributed by atoms with Crippen LogP contribution in [0.4, 0.5) is 5.69 Å². The predicted octanol–water partition coefficient (Wildman–Crippen LogP) is 8.12. The number of nitrogens with zero attached hydrogens (tertiary/aromatic N) is 1. The molecule has 0 bridgehead atoms. The van der Waals surface area contributed by atoms with Crippen LogP contribution in [0.3, 0.4) is 0 Å². The molecule has 3 rings (SSSR count). The molecule has 0 aromatic heterocycles. The number of aliphatic hydroxyl groups is 2.